The molecule has 1 saturated heterocycles. The van der Waals surface area contributed by atoms with Crippen LogP contribution in [0.15, 0.2) is 24.4 Å². The number of amides is 2. The van der Waals surface area contributed by atoms with Crippen LogP contribution in [0.2, 0.25) is 5.15 Å². The van der Waals surface area contributed by atoms with Crippen LogP contribution in [0.25, 0.3) is 5.65 Å². The fraction of sp³-hybridized carbons (Fsp3) is 0.381. The van der Waals surface area contributed by atoms with Crippen LogP contribution in [0.4, 0.5) is 18.2 Å². The Balaban J connectivity index is 1.46. The first kappa shape index (κ1) is 21.3. The quantitative estimate of drug-likeness (QED) is 0.541. The Labute approximate surface area is 190 Å². The molecule has 3 aromatic heterocycles. The summed E-state index contributed by atoms with van der Waals surface area (Å²) in [5.41, 5.74) is -1.08. The zero-order valence-electron chi connectivity index (χ0n) is 16.9. The summed E-state index contributed by atoms with van der Waals surface area (Å²) in [7, 11) is 0. The number of rotatable bonds is 3. The number of aryl methyl sites for hydroxylation is 1. The van der Waals surface area contributed by atoms with Crippen molar-refractivity contribution >= 4 is 45.4 Å². The fourth-order valence-electron chi connectivity index (χ4n) is 3.92. The SMILES string of the molecule is Cc1ccc(N2CCN(C(=O)c3nc4c(C(F)(F)F)cc(C5CC5)cn4c3Cl)CC2=O)s1. The summed E-state index contributed by atoms with van der Waals surface area (Å²) in [6, 6.07) is 4.86. The van der Waals surface area contributed by atoms with E-state index in [0.29, 0.717) is 5.56 Å². The summed E-state index contributed by atoms with van der Waals surface area (Å²) in [6.07, 6.45) is -1.48. The second kappa shape index (κ2) is 7.48. The summed E-state index contributed by atoms with van der Waals surface area (Å²) >= 11 is 7.83. The van der Waals surface area contributed by atoms with Gasteiger partial charge in [0, 0.05) is 24.2 Å². The fourth-order valence-corrected chi connectivity index (χ4v) is 5.08. The number of imidazole rings is 1. The van der Waals surface area contributed by atoms with Crippen molar-refractivity contribution in [1.29, 1.82) is 0 Å². The zero-order chi connectivity index (χ0) is 22.8. The molecule has 2 amide bonds. The van der Waals surface area contributed by atoms with E-state index in [0.717, 1.165) is 33.2 Å². The van der Waals surface area contributed by atoms with Crippen molar-refractivity contribution in [2.75, 3.05) is 24.5 Å². The molecule has 5 rings (SSSR count). The lowest BCUT2D eigenvalue weighted by atomic mass is 10.1. The van der Waals surface area contributed by atoms with Crippen LogP contribution in [0, 0.1) is 6.92 Å². The topological polar surface area (TPSA) is 57.9 Å². The van der Waals surface area contributed by atoms with Crippen molar-refractivity contribution in [3.05, 3.63) is 51.2 Å². The van der Waals surface area contributed by atoms with Crippen molar-refractivity contribution in [2.24, 2.45) is 0 Å². The van der Waals surface area contributed by atoms with Gasteiger partial charge in [-0.05, 0) is 49.4 Å². The van der Waals surface area contributed by atoms with E-state index in [1.807, 2.05) is 19.1 Å². The number of fused-ring (bicyclic) bond motifs is 1. The third-order valence-corrected chi connectivity index (χ3v) is 7.12. The highest BCUT2D eigenvalue weighted by molar-refractivity contribution is 7.16. The van der Waals surface area contributed by atoms with Gasteiger partial charge in [0.1, 0.15) is 11.7 Å². The minimum atomic E-state index is -4.64. The van der Waals surface area contributed by atoms with Gasteiger partial charge in [-0.15, -0.1) is 11.3 Å². The molecular formula is C21H18ClF3N4O2S. The van der Waals surface area contributed by atoms with E-state index in [2.05, 4.69) is 4.98 Å². The third kappa shape index (κ3) is 3.65. The molecule has 0 aromatic carbocycles. The van der Waals surface area contributed by atoms with Gasteiger partial charge in [0.2, 0.25) is 5.91 Å². The molecule has 1 aliphatic carbocycles. The average Bonchev–Trinajstić information content (AvgIpc) is 3.42. The Kier molecular flexibility index (Phi) is 4.97. The Morgan fingerprint density at radius 2 is 2.00 bits per heavy atom. The minimum absolute atomic E-state index is 0.0599. The second-order valence-corrected chi connectivity index (χ2v) is 9.68. The van der Waals surface area contributed by atoms with Gasteiger partial charge in [0.15, 0.2) is 11.3 Å². The lowest BCUT2D eigenvalue weighted by Gasteiger charge is -2.33. The number of carbonyl (C=O) groups excluding carboxylic acids is 2. The third-order valence-electron chi connectivity index (χ3n) is 5.74. The number of nitrogens with zero attached hydrogens (tertiary/aromatic N) is 4. The second-order valence-electron chi connectivity index (χ2n) is 8.06. The van der Waals surface area contributed by atoms with Crippen molar-refractivity contribution in [1.82, 2.24) is 14.3 Å². The molecule has 11 heteroatoms. The highest BCUT2D eigenvalue weighted by Crippen LogP contribution is 2.43. The van der Waals surface area contributed by atoms with E-state index in [4.69, 9.17) is 11.6 Å². The summed E-state index contributed by atoms with van der Waals surface area (Å²) in [5.74, 6) is -0.863. The van der Waals surface area contributed by atoms with Crippen LogP contribution >= 0.6 is 22.9 Å². The molecule has 0 spiro atoms. The number of thiophene rings is 1. The number of aromatic nitrogens is 2. The number of piperazine rings is 1. The first-order valence-electron chi connectivity index (χ1n) is 10.1. The molecule has 168 valence electrons. The van der Waals surface area contributed by atoms with Gasteiger partial charge >= 0.3 is 6.18 Å². The number of hydrogen-bond donors (Lipinski definition) is 0. The molecule has 0 atom stereocenters. The van der Waals surface area contributed by atoms with E-state index in [-0.39, 0.29) is 42.3 Å². The van der Waals surface area contributed by atoms with E-state index in [1.54, 1.807) is 4.90 Å². The average molecular weight is 483 g/mol. The molecule has 2 fully saturated rings. The summed E-state index contributed by atoms with van der Waals surface area (Å²) < 4.78 is 42.2. The first-order chi connectivity index (χ1) is 15.1. The minimum Gasteiger partial charge on any atom is -0.326 e. The lowest BCUT2D eigenvalue weighted by Crippen LogP contribution is -2.52. The van der Waals surface area contributed by atoms with E-state index < -0.39 is 23.3 Å². The maximum atomic E-state index is 13.7. The normalized spacial score (nSPS) is 17.5. The number of alkyl halides is 3. The largest absolute Gasteiger partial charge is 0.419 e. The van der Waals surface area contributed by atoms with Gasteiger partial charge in [0.25, 0.3) is 5.91 Å². The number of hydrogen-bond acceptors (Lipinski definition) is 4. The molecule has 1 saturated carbocycles. The summed E-state index contributed by atoms with van der Waals surface area (Å²) in [6.45, 7) is 2.26. The van der Waals surface area contributed by atoms with Crippen molar-refractivity contribution in [3.63, 3.8) is 0 Å². The van der Waals surface area contributed by atoms with Crippen LogP contribution in [0.5, 0.6) is 0 Å². The lowest BCUT2D eigenvalue weighted by molar-refractivity contribution is -0.136. The number of anilines is 1. The molecule has 3 aromatic rings. The summed E-state index contributed by atoms with van der Waals surface area (Å²) in [4.78, 5) is 33.7. The van der Waals surface area contributed by atoms with Gasteiger partial charge in [0.05, 0.1) is 10.6 Å². The van der Waals surface area contributed by atoms with Gasteiger partial charge in [-0.2, -0.15) is 13.2 Å². The van der Waals surface area contributed by atoms with E-state index in [1.165, 1.54) is 22.4 Å². The molecule has 6 nitrogen and oxygen atoms in total. The van der Waals surface area contributed by atoms with Crippen LogP contribution in [0.3, 0.4) is 0 Å². The van der Waals surface area contributed by atoms with E-state index >= 15 is 0 Å². The standard InChI is InChI=1S/C21H18ClF3N4O2S/c1-11-2-5-16(32-11)28-7-6-27(10-15(28)30)20(31)17-18(22)29-9-13(12-3-4-12)8-14(19(29)26-17)21(23,24)25/h2,5,8-9,12H,3-4,6-7,10H2,1H3. The molecule has 2 aliphatic rings. The monoisotopic (exact) mass is 482 g/mol. The summed E-state index contributed by atoms with van der Waals surface area (Å²) in [5, 5.41) is 0.620. The molecule has 0 unspecified atom stereocenters. The van der Waals surface area contributed by atoms with Crippen LogP contribution in [-0.2, 0) is 11.0 Å². The molecule has 1 aliphatic heterocycles. The predicted octanol–water partition coefficient (Wildman–Crippen LogP) is 4.74. The maximum absolute atomic E-state index is 13.7. The zero-order valence-corrected chi connectivity index (χ0v) is 18.5. The van der Waals surface area contributed by atoms with E-state index in [9.17, 15) is 22.8 Å². The van der Waals surface area contributed by atoms with Crippen molar-refractivity contribution in [2.45, 2.75) is 31.9 Å². The van der Waals surface area contributed by atoms with Gasteiger partial charge in [-0.1, -0.05) is 11.6 Å². The Hall–Kier alpha value is -2.59. The highest BCUT2D eigenvalue weighted by atomic mass is 35.5. The maximum Gasteiger partial charge on any atom is 0.419 e. The van der Waals surface area contributed by atoms with Crippen molar-refractivity contribution < 1.29 is 22.8 Å². The highest BCUT2D eigenvalue weighted by Gasteiger charge is 2.38. The van der Waals surface area contributed by atoms with Crippen molar-refractivity contribution in [3.8, 4) is 0 Å². The Morgan fingerprint density at radius 3 is 2.59 bits per heavy atom. The molecule has 4 heterocycles. The smallest absolute Gasteiger partial charge is 0.326 e. The molecule has 0 N–H and O–H groups in total. The number of carbonyl (C=O) groups is 2. The van der Waals surface area contributed by atoms with Gasteiger partial charge in [-0.3, -0.25) is 14.0 Å². The van der Waals surface area contributed by atoms with Crippen LogP contribution < -0.4 is 4.90 Å². The molecule has 32 heavy (non-hydrogen) atoms. The Bertz CT molecular complexity index is 1250. The van der Waals surface area contributed by atoms with Crippen LogP contribution in [0.1, 0.15) is 45.3 Å². The molecule has 0 radical (unpaired) electrons. The molecule has 0 bridgehead atoms. The Morgan fingerprint density at radius 1 is 1.25 bits per heavy atom. The molecular weight excluding hydrogens is 465 g/mol. The number of halogens is 4. The first-order valence-corrected chi connectivity index (χ1v) is 11.3. The van der Waals surface area contributed by atoms with Gasteiger partial charge < -0.3 is 9.80 Å². The van der Waals surface area contributed by atoms with Crippen LogP contribution in [-0.4, -0.2) is 45.7 Å². The number of pyridine rings is 1. The van der Waals surface area contributed by atoms with Gasteiger partial charge in [-0.25, -0.2) is 4.98 Å². The predicted molar refractivity (Wildman–Crippen MR) is 114 cm³/mol.